The summed E-state index contributed by atoms with van der Waals surface area (Å²) in [6.45, 7) is 2.49. The number of aromatic carboxylic acids is 1. The van der Waals surface area contributed by atoms with Gasteiger partial charge in [-0.25, -0.2) is 27.0 Å². The van der Waals surface area contributed by atoms with E-state index >= 15 is 0 Å². The second kappa shape index (κ2) is 10.6. The van der Waals surface area contributed by atoms with E-state index in [1.54, 1.807) is 6.07 Å². The maximum atomic E-state index is 13.3. The van der Waals surface area contributed by atoms with E-state index in [2.05, 4.69) is 16.6 Å². The lowest BCUT2D eigenvalue weighted by Gasteiger charge is -2.33. The molecular formula is C22H28F2N4O5S. The highest BCUT2D eigenvalue weighted by molar-refractivity contribution is 7.90. The number of alkyl halides is 2. The van der Waals surface area contributed by atoms with Crippen LogP contribution in [0.2, 0.25) is 0 Å². The van der Waals surface area contributed by atoms with Gasteiger partial charge >= 0.3 is 5.97 Å². The number of carbonyl (C=O) groups excluding carboxylic acids is 1. The first-order valence-corrected chi connectivity index (χ1v) is 12.9. The molecule has 0 bridgehead atoms. The van der Waals surface area contributed by atoms with E-state index in [0.717, 1.165) is 31.7 Å². The second-order valence-corrected chi connectivity index (χ2v) is 10.9. The van der Waals surface area contributed by atoms with Crippen LogP contribution in [-0.2, 0) is 14.8 Å². The first-order valence-electron chi connectivity index (χ1n) is 11.3. The summed E-state index contributed by atoms with van der Waals surface area (Å²) in [5, 5.41) is 18.5. The van der Waals surface area contributed by atoms with Crippen molar-refractivity contribution in [3.8, 4) is 6.07 Å². The van der Waals surface area contributed by atoms with Crippen LogP contribution in [0.5, 0.6) is 0 Å². The minimum absolute atomic E-state index is 0.0385. The fraction of sp³-hybridized carbons (Fsp3) is 0.636. The predicted molar refractivity (Wildman–Crippen MR) is 119 cm³/mol. The van der Waals surface area contributed by atoms with E-state index in [4.69, 9.17) is 5.11 Å². The van der Waals surface area contributed by atoms with Crippen LogP contribution in [0, 0.1) is 29.1 Å². The van der Waals surface area contributed by atoms with Crippen LogP contribution in [0.1, 0.15) is 73.5 Å². The SMILES string of the molecule is CC1CCC(CS(=O)(=O)NC(=O)C2CCN(c3nc(C(F)F)c(C(=O)O)cc3C#N)CC2)CC1. The summed E-state index contributed by atoms with van der Waals surface area (Å²) in [5.41, 5.74) is -1.82. The zero-order valence-corrected chi connectivity index (χ0v) is 19.7. The number of carboxylic acids is 1. The van der Waals surface area contributed by atoms with Gasteiger partial charge in [0.15, 0.2) is 0 Å². The number of aromatic nitrogens is 1. The van der Waals surface area contributed by atoms with Crippen molar-refractivity contribution in [3.63, 3.8) is 0 Å². The summed E-state index contributed by atoms with van der Waals surface area (Å²) in [6, 6.07) is 2.67. The predicted octanol–water partition coefficient (Wildman–Crippen LogP) is 3.08. The molecule has 0 aromatic carbocycles. The molecule has 2 N–H and O–H groups in total. The van der Waals surface area contributed by atoms with Crippen molar-refractivity contribution in [3.05, 3.63) is 22.9 Å². The van der Waals surface area contributed by atoms with Gasteiger partial charge in [-0.2, -0.15) is 5.26 Å². The largest absolute Gasteiger partial charge is 0.478 e. The van der Waals surface area contributed by atoms with Gasteiger partial charge in [0.05, 0.1) is 16.9 Å². The molecule has 1 amide bonds. The highest BCUT2D eigenvalue weighted by Gasteiger charge is 2.32. The third-order valence-corrected chi connectivity index (χ3v) is 8.02. The Labute approximate surface area is 197 Å². The molecule has 34 heavy (non-hydrogen) atoms. The molecule has 0 atom stereocenters. The summed E-state index contributed by atoms with van der Waals surface area (Å²) in [5.74, 6) is -2.30. The van der Waals surface area contributed by atoms with Crippen LogP contribution >= 0.6 is 0 Å². The smallest absolute Gasteiger partial charge is 0.337 e. The summed E-state index contributed by atoms with van der Waals surface area (Å²) >= 11 is 0. The Morgan fingerprint density at radius 2 is 1.85 bits per heavy atom. The van der Waals surface area contributed by atoms with Gasteiger partial charge in [-0.05, 0) is 43.6 Å². The lowest BCUT2D eigenvalue weighted by molar-refractivity contribution is -0.123. The maximum absolute atomic E-state index is 13.3. The van der Waals surface area contributed by atoms with Crippen LogP contribution in [-0.4, -0.2) is 49.2 Å². The van der Waals surface area contributed by atoms with Crippen molar-refractivity contribution in [2.24, 2.45) is 17.8 Å². The van der Waals surface area contributed by atoms with Crippen LogP contribution in [0.3, 0.4) is 0 Å². The minimum atomic E-state index is -3.76. The molecule has 9 nitrogen and oxygen atoms in total. The van der Waals surface area contributed by atoms with Gasteiger partial charge in [-0.1, -0.05) is 19.8 Å². The Morgan fingerprint density at radius 3 is 2.38 bits per heavy atom. The van der Waals surface area contributed by atoms with Crippen molar-refractivity contribution in [1.82, 2.24) is 9.71 Å². The number of halogens is 2. The molecule has 0 radical (unpaired) electrons. The molecule has 1 aromatic rings. The Hall–Kier alpha value is -2.81. The number of carbonyl (C=O) groups is 2. The topological polar surface area (TPSA) is 140 Å². The minimum Gasteiger partial charge on any atom is -0.478 e. The summed E-state index contributed by atoms with van der Waals surface area (Å²) < 4.78 is 53.8. The molecule has 3 rings (SSSR count). The van der Waals surface area contributed by atoms with E-state index in [1.165, 1.54) is 4.90 Å². The Balaban J connectivity index is 1.63. The van der Waals surface area contributed by atoms with Crippen molar-refractivity contribution in [1.29, 1.82) is 5.26 Å². The van der Waals surface area contributed by atoms with E-state index < -0.39 is 45.5 Å². The summed E-state index contributed by atoms with van der Waals surface area (Å²) in [7, 11) is -3.76. The number of sulfonamides is 1. The number of hydrogen-bond donors (Lipinski definition) is 2. The Morgan fingerprint density at radius 1 is 1.24 bits per heavy atom. The zero-order valence-electron chi connectivity index (χ0n) is 18.8. The van der Waals surface area contributed by atoms with Crippen molar-refractivity contribution >= 4 is 27.7 Å². The number of nitriles is 1. The number of rotatable bonds is 7. The number of pyridine rings is 1. The van der Waals surface area contributed by atoms with Crippen LogP contribution in [0.25, 0.3) is 0 Å². The van der Waals surface area contributed by atoms with Crippen LogP contribution in [0.15, 0.2) is 6.07 Å². The van der Waals surface area contributed by atoms with Crippen LogP contribution in [0.4, 0.5) is 14.6 Å². The number of nitrogens with zero attached hydrogens (tertiary/aromatic N) is 3. The quantitative estimate of drug-likeness (QED) is 0.584. The van der Waals surface area contributed by atoms with Crippen molar-refractivity contribution in [2.45, 2.75) is 51.9 Å². The first kappa shape index (κ1) is 25.8. The number of hydrogen-bond acceptors (Lipinski definition) is 7. The monoisotopic (exact) mass is 498 g/mol. The molecule has 1 saturated heterocycles. The van der Waals surface area contributed by atoms with Crippen molar-refractivity contribution in [2.75, 3.05) is 23.7 Å². The standard InChI is InChI=1S/C22H28F2N4O5S/c1-13-2-4-14(5-3-13)12-34(32,33)27-21(29)15-6-8-28(9-7-15)20-16(11-25)10-17(22(30)31)18(26-20)19(23)24/h10,13-15,19H,2-9,12H2,1H3,(H,27,29)(H,30,31). The van der Waals surface area contributed by atoms with Gasteiger partial charge in [0.25, 0.3) is 6.43 Å². The van der Waals surface area contributed by atoms with Gasteiger partial charge < -0.3 is 10.0 Å². The average molecular weight is 499 g/mol. The fourth-order valence-electron chi connectivity index (χ4n) is 4.62. The molecule has 2 fully saturated rings. The van der Waals surface area contributed by atoms with E-state index in [-0.39, 0.29) is 49.0 Å². The van der Waals surface area contributed by atoms with E-state index in [0.29, 0.717) is 5.92 Å². The molecular weight excluding hydrogens is 470 g/mol. The van der Waals surface area contributed by atoms with Gasteiger partial charge in [-0.15, -0.1) is 0 Å². The fourth-order valence-corrected chi connectivity index (χ4v) is 6.13. The van der Waals surface area contributed by atoms with E-state index in [1.807, 2.05) is 0 Å². The number of carboxylic acid groups (broad SMARTS) is 1. The lowest BCUT2D eigenvalue weighted by Crippen LogP contribution is -2.44. The molecule has 1 aliphatic carbocycles. The van der Waals surface area contributed by atoms with Crippen molar-refractivity contribution < 1.29 is 31.9 Å². The molecule has 2 heterocycles. The third-order valence-electron chi connectivity index (χ3n) is 6.60. The summed E-state index contributed by atoms with van der Waals surface area (Å²) in [4.78, 5) is 29.2. The highest BCUT2D eigenvalue weighted by atomic mass is 32.2. The van der Waals surface area contributed by atoms with Gasteiger partial charge in [0, 0.05) is 19.0 Å². The third kappa shape index (κ3) is 6.20. The molecule has 0 unspecified atom stereocenters. The lowest BCUT2D eigenvalue weighted by atomic mass is 9.84. The maximum Gasteiger partial charge on any atom is 0.337 e. The highest BCUT2D eigenvalue weighted by Crippen LogP contribution is 2.31. The Kier molecular flexibility index (Phi) is 8.07. The van der Waals surface area contributed by atoms with E-state index in [9.17, 15) is 32.0 Å². The molecule has 12 heteroatoms. The molecule has 2 aliphatic rings. The second-order valence-electron chi connectivity index (χ2n) is 9.14. The van der Waals surface area contributed by atoms with Crippen LogP contribution < -0.4 is 9.62 Å². The molecule has 0 spiro atoms. The molecule has 1 aliphatic heterocycles. The molecule has 186 valence electrons. The number of piperidine rings is 1. The number of nitrogens with one attached hydrogen (secondary N) is 1. The Bertz CT molecular complexity index is 1070. The summed E-state index contributed by atoms with van der Waals surface area (Å²) in [6.07, 6.45) is 0.935. The average Bonchev–Trinajstić information content (AvgIpc) is 2.79. The number of anilines is 1. The molecule has 1 aromatic heterocycles. The number of amides is 1. The van der Waals surface area contributed by atoms with Gasteiger partial charge in [0.2, 0.25) is 15.9 Å². The van der Waals surface area contributed by atoms with Gasteiger partial charge in [-0.3, -0.25) is 9.52 Å². The zero-order chi connectivity index (χ0) is 25.0. The first-order chi connectivity index (χ1) is 16.0. The van der Waals surface area contributed by atoms with Gasteiger partial charge in [0.1, 0.15) is 17.6 Å². The molecule has 1 saturated carbocycles. The normalized spacial score (nSPS) is 21.8.